The van der Waals surface area contributed by atoms with E-state index in [2.05, 4.69) is 22.4 Å². The van der Waals surface area contributed by atoms with Crippen molar-refractivity contribution in [3.05, 3.63) is 65.5 Å². The summed E-state index contributed by atoms with van der Waals surface area (Å²) in [4.78, 5) is 30.3. The second-order valence-electron chi connectivity index (χ2n) is 7.56. The van der Waals surface area contributed by atoms with Gasteiger partial charge in [0.1, 0.15) is 6.10 Å². The van der Waals surface area contributed by atoms with Crippen LogP contribution in [-0.4, -0.2) is 47.6 Å². The van der Waals surface area contributed by atoms with Gasteiger partial charge in [0.25, 0.3) is 5.91 Å². The Morgan fingerprint density at radius 1 is 1.04 bits per heavy atom. The lowest BCUT2D eigenvalue weighted by Gasteiger charge is -2.32. The largest absolute Gasteiger partial charge is 0.445 e. The fraction of sp³-hybridized carbons (Fsp3) is 0.409. The number of likely N-dealkylation sites (tertiary alicyclic amines) is 1. The molecule has 1 aromatic heterocycles. The number of nitrogens with one attached hydrogen (secondary N) is 1. The molecule has 28 heavy (non-hydrogen) atoms. The number of piperidine rings is 1. The first kappa shape index (κ1) is 18.5. The Hall–Kier alpha value is -2.89. The van der Waals surface area contributed by atoms with E-state index in [0.29, 0.717) is 31.1 Å². The predicted octanol–water partition coefficient (Wildman–Crippen LogP) is 2.83. The Labute approximate surface area is 164 Å². The Morgan fingerprint density at radius 2 is 1.68 bits per heavy atom. The maximum absolute atomic E-state index is 12.5. The van der Waals surface area contributed by atoms with Gasteiger partial charge in [-0.25, -0.2) is 4.79 Å². The quantitative estimate of drug-likeness (QED) is 0.887. The summed E-state index contributed by atoms with van der Waals surface area (Å²) < 4.78 is 5.74. The maximum atomic E-state index is 12.5. The third-order valence-corrected chi connectivity index (χ3v) is 5.65. The van der Waals surface area contributed by atoms with Crippen LogP contribution in [0.4, 0.5) is 4.79 Å². The molecular weight excluding hydrogens is 354 g/mol. The molecule has 1 aliphatic carbocycles. The summed E-state index contributed by atoms with van der Waals surface area (Å²) in [6.07, 6.45) is 6.31. The van der Waals surface area contributed by atoms with Gasteiger partial charge < -0.3 is 15.0 Å². The number of fused-ring (bicyclic) bond motifs is 1. The number of benzene rings is 1. The lowest BCUT2D eigenvalue weighted by Crippen LogP contribution is -2.42. The molecule has 2 heterocycles. The minimum atomic E-state index is -0.211. The second-order valence-corrected chi connectivity index (χ2v) is 7.56. The van der Waals surface area contributed by atoms with Crippen LogP contribution in [0.2, 0.25) is 0 Å². The fourth-order valence-electron chi connectivity index (χ4n) is 3.98. The van der Waals surface area contributed by atoms with Crippen molar-refractivity contribution in [2.75, 3.05) is 19.6 Å². The van der Waals surface area contributed by atoms with Crippen LogP contribution >= 0.6 is 0 Å². The van der Waals surface area contributed by atoms with Gasteiger partial charge in [0, 0.05) is 50.4 Å². The van der Waals surface area contributed by atoms with Gasteiger partial charge in [-0.05, 0) is 42.0 Å². The Morgan fingerprint density at radius 3 is 2.32 bits per heavy atom. The van der Waals surface area contributed by atoms with Crippen molar-refractivity contribution in [1.29, 1.82) is 0 Å². The molecule has 6 heteroatoms. The molecule has 4 rings (SSSR count). The van der Waals surface area contributed by atoms with E-state index in [1.807, 2.05) is 12.1 Å². The molecule has 1 aliphatic heterocycles. The van der Waals surface area contributed by atoms with Gasteiger partial charge in [-0.15, -0.1) is 0 Å². The van der Waals surface area contributed by atoms with Crippen LogP contribution in [0.3, 0.4) is 0 Å². The van der Waals surface area contributed by atoms with Crippen molar-refractivity contribution < 1.29 is 14.3 Å². The highest BCUT2D eigenvalue weighted by atomic mass is 16.6. The average Bonchev–Trinajstić information content (AvgIpc) is 3.15. The van der Waals surface area contributed by atoms with Crippen LogP contribution in [0.15, 0.2) is 48.8 Å². The summed E-state index contributed by atoms with van der Waals surface area (Å²) in [7, 11) is 0. The standard InChI is InChI=1S/C22H25N3O3/c26-21(17-5-9-23-10-6-17)24-15-16-7-11-25(12-8-16)22(27)28-20-13-18-3-1-2-4-19(18)14-20/h1-6,9-10,16,20H,7-8,11-15H2,(H,24,26). The highest BCUT2D eigenvalue weighted by molar-refractivity contribution is 5.93. The molecule has 0 unspecified atom stereocenters. The van der Waals surface area contributed by atoms with E-state index >= 15 is 0 Å². The number of rotatable bonds is 4. The van der Waals surface area contributed by atoms with Crippen LogP contribution in [0.1, 0.15) is 34.3 Å². The molecule has 1 saturated heterocycles. The maximum Gasteiger partial charge on any atom is 0.410 e. The SMILES string of the molecule is O=C(NCC1CCN(C(=O)OC2Cc3ccccc3C2)CC1)c1ccncc1. The third kappa shape index (κ3) is 4.32. The molecule has 0 radical (unpaired) electrons. The molecule has 0 saturated carbocycles. The number of carbonyl (C=O) groups excluding carboxylic acids is 2. The van der Waals surface area contributed by atoms with Crippen LogP contribution in [0, 0.1) is 5.92 Å². The van der Waals surface area contributed by atoms with E-state index < -0.39 is 0 Å². The summed E-state index contributed by atoms with van der Waals surface area (Å²) in [5, 5.41) is 2.98. The van der Waals surface area contributed by atoms with Crippen molar-refractivity contribution >= 4 is 12.0 Å². The number of pyridine rings is 1. The van der Waals surface area contributed by atoms with E-state index in [9.17, 15) is 9.59 Å². The fourth-order valence-corrected chi connectivity index (χ4v) is 3.98. The Bertz CT molecular complexity index is 807. The molecule has 2 aliphatic rings. The van der Waals surface area contributed by atoms with E-state index in [-0.39, 0.29) is 18.1 Å². The number of hydrogen-bond donors (Lipinski definition) is 1. The zero-order chi connectivity index (χ0) is 19.3. The van der Waals surface area contributed by atoms with Gasteiger partial charge in [0.05, 0.1) is 0 Å². The molecule has 2 aromatic rings. The molecule has 1 fully saturated rings. The van der Waals surface area contributed by atoms with E-state index in [1.165, 1.54) is 11.1 Å². The summed E-state index contributed by atoms with van der Waals surface area (Å²) in [6, 6.07) is 11.7. The summed E-state index contributed by atoms with van der Waals surface area (Å²) in [5.74, 6) is 0.301. The van der Waals surface area contributed by atoms with Gasteiger partial charge in [-0.3, -0.25) is 9.78 Å². The highest BCUT2D eigenvalue weighted by Crippen LogP contribution is 2.25. The van der Waals surface area contributed by atoms with Crippen molar-refractivity contribution in [3.63, 3.8) is 0 Å². The molecule has 1 aromatic carbocycles. The van der Waals surface area contributed by atoms with E-state index in [1.54, 1.807) is 29.4 Å². The number of carbonyl (C=O) groups is 2. The van der Waals surface area contributed by atoms with Crippen LogP contribution < -0.4 is 5.32 Å². The minimum absolute atomic E-state index is 0.0535. The molecule has 2 amide bonds. The van der Waals surface area contributed by atoms with Crippen molar-refractivity contribution in [2.24, 2.45) is 5.92 Å². The van der Waals surface area contributed by atoms with Crippen molar-refractivity contribution in [1.82, 2.24) is 15.2 Å². The van der Waals surface area contributed by atoms with Gasteiger partial charge in [-0.2, -0.15) is 0 Å². The number of nitrogens with zero attached hydrogens (tertiary/aromatic N) is 2. The first-order valence-electron chi connectivity index (χ1n) is 9.89. The average molecular weight is 379 g/mol. The number of hydrogen-bond acceptors (Lipinski definition) is 4. The lowest BCUT2D eigenvalue weighted by atomic mass is 9.97. The summed E-state index contributed by atoms with van der Waals surface area (Å²) >= 11 is 0. The Kier molecular flexibility index (Phi) is 5.55. The molecular formula is C22H25N3O3. The first-order valence-corrected chi connectivity index (χ1v) is 9.89. The van der Waals surface area contributed by atoms with Crippen molar-refractivity contribution in [3.8, 4) is 0 Å². The zero-order valence-corrected chi connectivity index (χ0v) is 15.8. The van der Waals surface area contributed by atoms with Gasteiger partial charge in [0.2, 0.25) is 0 Å². The molecule has 0 atom stereocenters. The molecule has 6 nitrogen and oxygen atoms in total. The zero-order valence-electron chi connectivity index (χ0n) is 15.8. The first-order chi connectivity index (χ1) is 13.7. The van der Waals surface area contributed by atoms with Crippen molar-refractivity contribution in [2.45, 2.75) is 31.8 Å². The number of amides is 2. The van der Waals surface area contributed by atoms with Gasteiger partial charge in [0.15, 0.2) is 0 Å². The Balaban J connectivity index is 1.19. The second kappa shape index (κ2) is 8.42. The third-order valence-electron chi connectivity index (χ3n) is 5.65. The number of ether oxygens (including phenoxy) is 1. The van der Waals surface area contributed by atoms with Crippen LogP contribution in [-0.2, 0) is 17.6 Å². The van der Waals surface area contributed by atoms with Gasteiger partial charge >= 0.3 is 6.09 Å². The molecule has 0 spiro atoms. The van der Waals surface area contributed by atoms with E-state index in [0.717, 1.165) is 25.7 Å². The normalized spacial score (nSPS) is 17.2. The smallest absolute Gasteiger partial charge is 0.410 e. The van der Waals surface area contributed by atoms with Crippen LogP contribution in [0.25, 0.3) is 0 Å². The monoisotopic (exact) mass is 379 g/mol. The number of aromatic nitrogens is 1. The van der Waals surface area contributed by atoms with E-state index in [4.69, 9.17) is 4.74 Å². The summed E-state index contributed by atoms with van der Waals surface area (Å²) in [6.45, 7) is 1.98. The van der Waals surface area contributed by atoms with Gasteiger partial charge in [-0.1, -0.05) is 24.3 Å². The van der Waals surface area contributed by atoms with Crippen LogP contribution in [0.5, 0.6) is 0 Å². The highest BCUT2D eigenvalue weighted by Gasteiger charge is 2.29. The molecule has 146 valence electrons. The molecule has 1 N–H and O–H groups in total. The lowest BCUT2D eigenvalue weighted by molar-refractivity contribution is 0.0560. The predicted molar refractivity (Wildman–Crippen MR) is 105 cm³/mol. The molecule has 0 bridgehead atoms. The summed E-state index contributed by atoms with van der Waals surface area (Å²) in [5.41, 5.74) is 3.18. The topological polar surface area (TPSA) is 71.5 Å². The minimum Gasteiger partial charge on any atom is -0.445 e.